The monoisotopic (exact) mass is 225 g/mol. The first-order chi connectivity index (χ1) is 7.74. The zero-order valence-corrected chi connectivity index (χ0v) is 9.16. The van der Waals surface area contributed by atoms with E-state index >= 15 is 0 Å². The number of carbonyl (C=O) groups is 2. The van der Waals surface area contributed by atoms with E-state index in [-0.39, 0.29) is 11.9 Å². The quantitative estimate of drug-likeness (QED) is 0.545. The third kappa shape index (κ3) is 4.12. The van der Waals surface area contributed by atoms with Gasteiger partial charge in [-0.05, 0) is 13.3 Å². The third-order valence-corrected chi connectivity index (χ3v) is 1.91. The summed E-state index contributed by atoms with van der Waals surface area (Å²) in [4.78, 5) is 22.4. The van der Waals surface area contributed by atoms with Gasteiger partial charge in [0, 0.05) is 19.2 Å². The fourth-order valence-electron chi connectivity index (χ4n) is 1.14. The van der Waals surface area contributed by atoms with Gasteiger partial charge in [-0.1, -0.05) is 0 Å². The summed E-state index contributed by atoms with van der Waals surface area (Å²) < 4.78 is 4.75. The first kappa shape index (κ1) is 12.2. The molecular formula is C10H15N3O3. The van der Waals surface area contributed by atoms with E-state index < -0.39 is 0 Å². The largest absolute Gasteiger partial charge is 0.466 e. The third-order valence-electron chi connectivity index (χ3n) is 1.91. The molecule has 1 aromatic rings. The molecule has 88 valence electrons. The van der Waals surface area contributed by atoms with Gasteiger partial charge in [0.2, 0.25) is 0 Å². The molecule has 1 rings (SSSR count). The van der Waals surface area contributed by atoms with Crippen molar-refractivity contribution in [2.45, 2.75) is 19.8 Å². The van der Waals surface area contributed by atoms with E-state index in [2.05, 4.69) is 15.5 Å². The molecule has 1 heterocycles. The number of nitrogens with one attached hydrogen (secondary N) is 2. The topological polar surface area (TPSA) is 84.1 Å². The zero-order chi connectivity index (χ0) is 11.8. The molecule has 2 N–H and O–H groups in total. The van der Waals surface area contributed by atoms with Crippen LogP contribution in [-0.2, 0) is 9.53 Å². The lowest BCUT2D eigenvalue weighted by atomic mass is 10.3. The van der Waals surface area contributed by atoms with E-state index in [0.29, 0.717) is 31.6 Å². The van der Waals surface area contributed by atoms with Gasteiger partial charge in [0.25, 0.3) is 5.91 Å². The summed E-state index contributed by atoms with van der Waals surface area (Å²) in [5.41, 5.74) is 0.483. The highest BCUT2D eigenvalue weighted by molar-refractivity contribution is 5.93. The van der Waals surface area contributed by atoms with Crippen molar-refractivity contribution >= 4 is 11.9 Å². The van der Waals surface area contributed by atoms with Gasteiger partial charge >= 0.3 is 5.97 Å². The molecule has 0 spiro atoms. The van der Waals surface area contributed by atoms with E-state index in [1.54, 1.807) is 6.92 Å². The summed E-state index contributed by atoms with van der Waals surface area (Å²) in [5, 5.41) is 8.89. The van der Waals surface area contributed by atoms with Gasteiger partial charge in [0.1, 0.15) is 0 Å². The summed E-state index contributed by atoms with van der Waals surface area (Å²) in [6.07, 6.45) is 3.85. The Morgan fingerprint density at radius 3 is 3.00 bits per heavy atom. The van der Waals surface area contributed by atoms with Crippen LogP contribution in [0.2, 0.25) is 0 Å². The number of ether oxygens (including phenoxy) is 1. The van der Waals surface area contributed by atoms with Crippen LogP contribution in [0, 0.1) is 0 Å². The van der Waals surface area contributed by atoms with E-state index in [1.165, 1.54) is 12.4 Å². The Kier molecular flexibility index (Phi) is 5.04. The fourth-order valence-corrected chi connectivity index (χ4v) is 1.14. The van der Waals surface area contributed by atoms with Crippen LogP contribution < -0.4 is 5.32 Å². The predicted octanol–water partition coefficient (Wildman–Crippen LogP) is 0.483. The number of aromatic nitrogens is 2. The molecule has 6 heteroatoms. The van der Waals surface area contributed by atoms with E-state index in [9.17, 15) is 9.59 Å². The number of hydrogen-bond donors (Lipinski definition) is 2. The molecule has 0 radical (unpaired) electrons. The van der Waals surface area contributed by atoms with Crippen LogP contribution in [0.4, 0.5) is 0 Å². The Balaban J connectivity index is 2.12. The minimum Gasteiger partial charge on any atom is -0.466 e. The van der Waals surface area contributed by atoms with E-state index in [1.807, 2.05) is 0 Å². The Hall–Kier alpha value is -1.85. The SMILES string of the molecule is CCOC(=O)CCCNC(=O)c1cn[nH]c1. The molecule has 16 heavy (non-hydrogen) atoms. The zero-order valence-electron chi connectivity index (χ0n) is 9.16. The molecule has 0 fully saturated rings. The van der Waals surface area contributed by atoms with Gasteiger partial charge in [-0.15, -0.1) is 0 Å². The van der Waals surface area contributed by atoms with Crippen LogP contribution in [0.15, 0.2) is 12.4 Å². The number of nitrogens with zero attached hydrogens (tertiary/aromatic N) is 1. The molecule has 6 nitrogen and oxygen atoms in total. The van der Waals surface area contributed by atoms with Crippen molar-refractivity contribution in [3.8, 4) is 0 Å². The van der Waals surface area contributed by atoms with Crippen LogP contribution >= 0.6 is 0 Å². The maximum absolute atomic E-state index is 11.4. The summed E-state index contributed by atoms with van der Waals surface area (Å²) in [6, 6.07) is 0. The fraction of sp³-hybridized carbons (Fsp3) is 0.500. The van der Waals surface area contributed by atoms with E-state index in [4.69, 9.17) is 4.74 Å². The van der Waals surface area contributed by atoms with E-state index in [0.717, 1.165) is 0 Å². The van der Waals surface area contributed by atoms with Crippen molar-refractivity contribution in [1.29, 1.82) is 0 Å². The minimum absolute atomic E-state index is 0.197. The van der Waals surface area contributed by atoms with Crippen molar-refractivity contribution < 1.29 is 14.3 Å². The number of hydrogen-bond acceptors (Lipinski definition) is 4. The lowest BCUT2D eigenvalue weighted by Crippen LogP contribution is -2.24. The molecule has 0 atom stereocenters. The van der Waals surface area contributed by atoms with Gasteiger partial charge < -0.3 is 10.1 Å². The molecule has 0 aliphatic carbocycles. The Bertz CT molecular complexity index is 335. The van der Waals surface area contributed by atoms with Crippen molar-refractivity contribution in [2.75, 3.05) is 13.2 Å². The molecule has 0 unspecified atom stereocenters. The van der Waals surface area contributed by atoms with Crippen LogP contribution in [-0.4, -0.2) is 35.2 Å². The molecule has 0 bridgehead atoms. The van der Waals surface area contributed by atoms with Crippen LogP contribution in [0.5, 0.6) is 0 Å². The summed E-state index contributed by atoms with van der Waals surface area (Å²) in [5.74, 6) is -0.433. The number of aromatic amines is 1. The Morgan fingerprint density at radius 1 is 1.56 bits per heavy atom. The Labute approximate surface area is 93.4 Å². The average Bonchev–Trinajstić information content (AvgIpc) is 2.78. The summed E-state index contributed by atoms with van der Waals surface area (Å²) in [7, 11) is 0. The number of rotatable bonds is 6. The normalized spacial score (nSPS) is 9.81. The first-order valence-corrected chi connectivity index (χ1v) is 5.16. The average molecular weight is 225 g/mol. The van der Waals surface area contributed by atoms with Gasteiger partial charge in [0.15, 0.2) is 0 Å². The lowest BCUT2D eigenvalue weighted by Gasteiger charge is -2.03. The second-order valence-corrected chi connectivity index (χ2v) is 3.15. The number of H-pyrrole nitrogens is 1. The number of carbonyl (C=O) groups excluding carboxylic acids is 2. The second kappa shape index (κ2) is 6.60. The molecule has 0 aliphatic rings. The highest BCUT2D eigenvalue weighted by Gasteiger charge is 2.06. The first-order valence-electron chi connectivity index (χ1n) is 5.16. The van der Waals surface area contributed by atoms with Gasteiger partial charge in [-0.3, -0.25) is 14.7 Å². The summed E-state index contributed by atoms with van der Waals surface area (Å²) >= 11 is 0. The Morgan fingerprint density at radius 2 is 2.38 bits per heavy atom. The smallest absolute Gasteiger partial charge is 0.305 e. The highest BCUT2D eigenvalue weighted by Crippen LogP contribution is 1.95. The van der Waals surface area contributed by atoms with Gasteiger partial charge in [-0.25, -0.2) is 0 Å². The number of esters is 1. The van der Waals surface area contributed by atoms with Crippen molar-refractivity contribution in [2.24, 2.45) is 0 Å². The predicted molar refractivity (Wildman–Crippen MR) is 56.8 cm³/mol. The van der Waals surface area contributed by atoms with Crippen LogP contribution in [0.1, 0.15) is 30.1 Å². The lowest BCUT2D eigenvalue weighted by molar-refractivity contribution is -0.143. The molecule has 1 aromatic heterocycles. The molecular weight excluding hydrogens is 210 g/mol. The van der Waals surface area contributed by atoms with Crippen LogP contribution in [0.3, 0.4) is 0 Å². The molecule has 0 aliphatic heterocycles. The molecule has 0 saturated heterocycles. The maximum Gasteiger partial charge on any atom is 0.305 e. The molecule has 1 amide bonds. The second-order valence-electron chi connectivity index (χ2n) is 3.15. The van der Waals surface area contributed by atoms with Crippen molar-refractivity contribution in [1.82, 2.24) is 15.5 Å². The minimum atomic E-state index is -0.236. The van der Waals surface area contributed by atoms with Crippen molar-refractivity contribution in [3.63, 3.8) is 0 Å². The van der Waals surface area contributed by atoms with Crippen LogP contribution in [0.25, 0.3) is 0 Å². The van der Waals surface area contributed by atoms with Crippen molar-refractivity contribution in [3.05, 3.63) is 18.0 Å². The standard InChI is InChI=1S/C10H15N3O3/c1-2-16-9(14)4-3-5-11-10(15)8-6-12-13-7-8/h6-7H,2-5H2,1H3,(H,11,15)(H,12,13). The highest BCUT2D eigenvalue weighted by atomic mass is 16.5. The number of amides is 1. The molecule has 0 aromatic carbocycles. The maximum atomic E-state index is 11.4. The van der Waals surface area contributed by atoms with Gasteiger partial charge in [0.05, 0.1) is 18.4 Å². The molecule has 0 saturated carbocycles. The summed E-state index contributed by atoms with van der Waals surface area (Å²) in [6.45, 7) is 2.60. The van der Waals surface area contributed by atoms with Gasteiger partial charge in [-0.2, -0.15) is 5.10 Å².